The fourth-order valence-electron chi connectivity index (χ4n) is 2.42. The molecule has 18 heavy (non-hydrogen) atoms. The maximum Gasteiger partial charge on any atom is 0.309 e. The highest BCUT2D eigenvalue weighted by molar-refractivity contribution is 5.73. The highest BCUT2D eigenvalue weighted by Crippen LogP contribution is 2.49. The highest BCUT2D eigenvalue weighted by atomic mass is 16.5. The molecule has 0 saturated heterocycles. The standard InChI is InChI=1S/C16H32O2/c1-8-11-12-18-14(17)13(4)15(5,6)16(7,9-2)10-3/h13H,8-12H2,1-7H3. The molecule has 1 unspecified atom stereocenters. The third-order valence-corrected chi connectivity index (χ3v) is 5.29. The molecule has 0 aliphatic carbocycles. The minimum Gasteiger partial charge on any atom is -0.465 e. The smallest absolute Gasteiger partial charge is 0.309 e. The van der Waals surface area contributed by atoms with E-state index in [2.05, 4.69) is 41.5 Å². The molecule has 0 rings (SSSR count). The summed E-state index contributed by atoms with van der Waals surface area (Å²) in [4.78, 5) is 12.1. The first kappa shape index (κ1) is 17.5. The van der Waals surface area contributed by atoms with E-state index in [1.54, 1.807) is 0 Å². The van der Waals surface area contributed by atoms with E-state index in [1.165, 1.54) is 0 Å². The van der Waals surface area contributed by atoms with Crippen molar-refractivity contribution in [2.45, 2.75) is 74.1 Å². The molecule has 2 nitrogen and oxygen atoms in total. The molecule has 0 heterocycles. The van der Waals surface area contributed by atoms with Crippen molar-refractivity contribution in [3.63, 3.8) is 0 Å². The van der Waals surface area contributed by atoms with E-state index in [0.717, 1.165) is 25.7 Å². The summed E-state index contributed by atoms with van der Waals surface area (Å²) < 4.78 is 5.38. The van der Waals surface area contributed by atoms with Crippen LogP contribution in [0.1, 0.15) is 74.1 Å². The Morgan fingerprint density at radius 3 is 2.00 bits per heavy atom. The lowest BCUT2D eigenvalue weighted by Crippen LogP contribution is -2.43. The van der Waals surface area contributed by atoms with Crippen LogP contribution in [0, 0.1) is 16.7 Å². The van der Waals surface area contributed by atoms with Crippen LogP contribution in [0.15, 0.2) is 0 Å². The molecule has 0 saturated carbocycles. The molecule has 0 aliphatic heterocycles. The van der Waals surface area contributed by atoms with Gasteiger partial charge in [-0.1, -0.05) is 67.7 Å². The predicted octanol–water partition coefficient (Wildman–Crippen LogP) is 4.82. The van der Waals surface area contributed by atoms with Gasteiger partial charge in [-0.15, -0.1) is 0 Å². The van der Waals surface area contributed by atoms with Crippen LogP contribution >= 0.6 is 0 Å². The summed E-state index contributed by atoms with van der Waals surface area (Å²) in [7, 11) is 0. The van der Waals surface area contributed by atoms with Gasteiger partial charge in [-0.05, 0) is 17.3 Å². The third-order valence-electron chi connectivity index (χ3n) is 5.29. The van der Waals surface area contributed by atoms with E-state index >= 15 is 0 Å². The molecule has 108 valence electrons. The summed E-state index contributed by atoms with van der Waals surface area (Å²) in [5.41, 5.74) is 0.135. The topological polar surface area (TPSA) is 26.3 Å². The quantitative estimate of drug-likeness (QED) is 0.460. The Kier molecular flexibility index (Phi) is 6.94. The summed E-state index contributed by atoms with van der Waals surface area (Å²) in [6, 6.07) is 0. The number of rotatable bonds is 8. The molecule has 2 heteroatoms. The number of unbranched alkanes of at least 4 members (excludes halogenated alkanes) is 1. The average molecular weight is 256 g/mol. The summed E-state index contributed by atoms with van der Waals surface area (Å²) in [6.07, 6.45) is 4.19. The zero-order chi connectivity index (χ0) is 14.4. The van der Waals surface area contributed by atoms with E-state index in [0.29, 0.717) is 6.61 Å². The molecule has 0 aromatic rings. The van der Waals surface area contributed by atoms with E-state index in [1.807, 2.05) is 6.92 Å². The Bertz CT molecular complexity index is 252. The van der Waals surface area contributed by atoms with Gasteiger partial charge in [0.2, 0.25) is 0 Å². The maximum absolute atomic E-state index is 12.1. The second kappa shape index (κ2) is 7.16. The number of esters is 1. The number of ether oxygens (including phenoxy) is 1. The first-order valence-corrected chi connectivity index (χ1v) is 7.43. The van der Waals surface area contributed by atoms with Crippen molar-refractivity contribution in [3.05, 3.63) is 0 Å². The second-order valence-corrected chi connectivity index (χ2v) is 6.23. The highest BCUT2D eigenvalue weighted by Gasteiger charge is 2.45. The summed E-state index contributed by atoms with van der Waals surface area (Å²) in [6.45, 7) is 15.8. The first-order chi connectivity index (χ1) is 8.26. The lowest BCUT2D eigenvalue weighted by molar-refractivity contribution is -0.156. The van der Waals surface area contributed by atoms with Crippen molar-refractivity contribution in [2.75, 3.05) is 6.61 Å². The summed E-state index contributed by atoms with van der Waals surface area (Å²) in [5.74, 6) is -0.0965. The largest absolute Gasteiger partial charge is 0.465 e. The normalized spacial score (nSPS) is 14.4. The van der Waals surface area contributed by atoms with Crippen molar-refractivity contribution < 1.29 is 9.53 Å². The van der Waals surface area contributed by atoms with Gasteiger partial charge < -0.3 is 4.74 Å². The summed E-state index contributed by atoms with van der Waals surface area (Å²) in [5, 5.41) is 0. The van der Waals surface area contributed by atoms with Crippen LogP contribution in [0.4, 0.5) is 0 Å². The Morgan fingerprint density at radius 1 is 1.11 bits per heavy atom. The maximum atomic E-state index is 12.1. The van der Waals surface area contributed by atoms with Crippen molar-refractivity contribution in [3.8, 4) is 0 Å². The van der Waals surface area contributed by atoms with Gasteiger partial charge in [0.25, 0.3) is 0 Å². The molecule has 1 atom stereocenters. The van der Waals surface area contributed by atoms with Gasteiger partial charge in [0.1, 0.15) is 0 Å². The van der Waals surface area contributed by atoms with Crippen molar-refractivity contribution in [1.82, 2.24) is 0 Å². The van der Waals surface area contributed by atoms with Crippen LogP contribution in [0.25, 0.3) is 0 Å². The van der Waals surface area contributed by atoms with E-state index in [-0.39, 0.29) is 22.7 Å². The van der Waals surface area contributed by atoms with Crippen molar-refractivity contribution >= 4 is 5.97 Å². The Balaban J connectivity index is 4.73. The molecule has 0 bridgehead atoms. The van der Waals surface area contributed by atoms with Crippen molar-refractivity contribution in [2.24, 2.45) is 16.7 Å². The minimum atomic E-state index is -0.0562. The molecule has 0 aliphatic rings. The van der Waals surface area contributed by atoms with Crippen LogP contribution in [0.5, 0.6) is 0 Å². The molecule has 0 radical (unpaired) electrons. The predicted molar refractivity (Wildman–Crippen MR) is 77.5 cm³/mol. The van der Waals surface area contributed by atoms with Crippen LogP contribution < -0.4 is 0 Å². The Hall–Kier alpha value is -0.530. The van der Waals surface area contributed by atoms with Gasteiger partial charge in [0.15, 0.2) is 0 Å². The molecule has 0 amide bonds. The van der Waals surface area contributed by atoms with Crippen LogP contribution in [-0.2, 0) is 9.53 Å². The van der Waals surface area contributed by atoms with Crippen molar-refractivity contribution in [1.29, 1.82) is 0 Å². The number of hydrogen-bond acceptors (Lipinski definition) is 2. The minimum absolute atomic E-state index is 0.0402. The molecule has 0 aromatic carbocycles. The molecule has 0 fully saturated rings. The molecule has 0 aromatic heterocycles. The fourth-order valence-corrected chi connectivity index (χ4v) is 2.42. The number of carbonyl (C=O) groups is 1. The Labute approximate surface area is 113 Å². The van der Waals surface area contributed by atoms with Gasteiger partial charge in [-0.3, -0.25) is 4.79 Å². The van der Waals surface area contributed by atoms with Gasteiger partial charge in [-0.2, -0.15) is 0 Å². The molecule has 0 N–H and O–H groups in total. The average Bonchev–Trinajstić information content (AvgIpc) is 2.36. The first-order valence-electron chi connectivity index (χ1n) is 7.43. The number of carbonyl (C=O) groups excluding carboxylic acids is 1. The molecular formula is C16H32O2. The van der Waals surface area contributed by atoms with E-state index < -0.39 is 0 Å². The lowest BCUT2D eigenvalue weighted by Gasteiger charge is -2.46. The van der Waals surface area contributed by atoms with Gasteiger partial charge >= 0.3 is 5.97 Å². The zero-order valence-corrected chi connectivity index (χ0v) is 13.4. The van der Waals surface area contributed by atoms with Crippen LogP contribution in [0.2, 0.25) is 0 Å². The fraction of sp³-hybridized carbons (Fsp3) is 0.938. The zero-order valence-electron chi connectivity index (χ0n) is 13.4. The SMILES string of the molecule is CCCCOC(=O)C(C)C(C)(C)C(C)(CC)CC. The van der Waals surface area contributed by atoms with Crippen LogP contribution in [0.3, 0.4) is 0 Å². The number of hydrogen-bond donors (Lipinski definition) is 0. The Morgan fingerprint density at radius 2 is 1.61 bits per heavy atom. The van der Waals surface area contributed by atoms with E-state index in [9.17, 15) is 4.79 Å². The van der Waals surface area contributed by atoms with E-state index in [4.69, 9.17) is 4.74 Å². The van der Waals surface area contributed by atoms with Gasteiger partial charge in [-0.25, -0.2) is 0 Å². The molecule has 0 spiro atoms. The third kappa shape index (κ3) is 3.73. The monoisotopic (exact) mass is 256 g/mol. The van der Waals surface area contributed by atoms with Gasteiger partial charge in [0.05, 0.1) is 12.5 Å². The lowest BCUT2D eigenvalue weighted by atomic mass is 9.58. The molecular weight excluding hydrogens is 224 g/mol. The van der Waals surface area contributed by atoms with Gasteiger partial charge in [0, 0.05) is 0 Å². The van der Waals surface area contributed by atoms with Crippen LogP contribution in [-0.4, -0.2) is 12.6 Å². The second-order valence-electron chi connectivity index (χ2n) is 6.23. The summed E-state index contributed by atoms with van der Waals surface area (Å²) >= 11 is 0.